The van der Waals surface area contributed by atoms with E-state index in [0.29, 0.717) is 28.3 Å². The van der Waals surface area contributed by atoms with Crippen molar-refractivity contribution in [3.63, 3.8) is 0 Å². The van der Waals surface area contributed by atoms with E-state index < -0.39 is 5.69 Å². The first-order chi connectivity index (χ1) is 10.0. The lowest BCUT2D eigenvalue weighted by Crippen LogP contribution is -2.32. The van der Waals surface area contributed by atoms with Gasteiger partial charge in [-0.25, -0.2) is 9.48 Å². The largest absolute Gasteiger partial charge is 0.329 e. The lowest BCUT2D eigenvalue weighted by molar-refractivity contribution is 0.673. The highest BCUT2D eigenvalue weighted by Gasteiger charge is 2.17. The number of aromatic amines is 1. The monoisotopic (exact) mass is 304 g/mol. The minimum Gasteiger partial charge on any atom is -0.291 e. The molecule has 0 aliphatic rings. The van der Waals surface area contributed by atoms with Crippen LogP contribution in [0.5, 0.6) is 0 Å². The summed E-state index contributed by atoms with van der Waals surface area (Å²) in [5, 5.41) is 5.46. The van der Waals surface area contributed by atoms with Crippen molar-refractivity contribution in [1.82, 2.24) is 19.3 Å². The van der Waals surface area contributed by atoms with Crippen molar-refractivity contribution in [2.24, 2.45) is 7.05 Å². The summed E-state index contributed by atoms with van der Waals surface area (Å²) < 4.78 is 2.66. The Bertz CT molecular complexity index is 934. The van der Waals surface area contributed by atoms with E-state index >= 15 is 0 Å². The van der Waals surface area contributed by atoms with Crippen molar-refractivity contribution >= 4 is 22.6 Å². The summed E-state index contributed by atoms with van der Waals surface area (Å²) in [6, 6.07) is 7.08. The van der Waals surface area contributed by atoms with Gasteiger partial charge in [-0.05, 0) is 19.1 Å². The van der Waals surface area contributed by atoms with E-state index in [1.54, 1.807) is 28.9 Å². The number of halogens is 1. The van der Waals surface area contributed by atoms with Crippen LogP contribution < -0.4 is 11.2 Å². The smallest absolute Gasteiger partial charge is 0.291 e. The Labute approximate surface area is 124 Å². The molecule has 0 fully saturated rings. The number of benzene rings is 1. The molecule has 0 spiro atoms. The maximum absolute atomic E-state index is 12.4. The third-order valence-corrected chi connectivity index (χ3v) is 3.67. The van der Waals surface area contributed by atoms with Gasteiger partial charge in [-0.15, -0.1) is 0 Å². The molecule has 1 aromatic carbocycles. The van der Waals surface area contributed by atoms with Gasteiger partial charge < -0.3 is 0 Å². The molecule has 0 unspecified atom stereocenters. The number of rotatable bonds is 2. The molecule has 0 saturated carbocycles. The zero-order valence-electron chi connectivity index (χ0n) is 11.6. The highest BCUT2D eigenvalue weighted by molar-refractivity contribution is 6.30. The lowest BCUT2D eigenvalue weighted by Gasteiger charge is -1.99. The Kier molecular flexibility index (Phi) is 3.17. The normalized spacial score (nSPS) is 11.2. The fraction of sp³-hybridized carbons (Fsp3) is 0.214. The van der Waals surface area contributed by atoms with Gasteiger partial charge >= 0.3 is 5.69 Å². The van der Waals surface area contributed by atoms with E-state index in [9.17, 15) is 9.59 Å². The van der Waals surface area contributed by atoms with Gasteiger partial charge in [0.1, 0.15) is 16.7 Å². The number of fused-ring (bicyclic) bond motifs is 1. The van der Waals surface area contributed by atoms with E-state index in [-0.39, 0.29) is 5.56 Å². The molecule has 1 N–H and O–H groups in total. The zero-order chi connectivity index (χ0) is 15.1. The van der Waals surface area contributed by atoms with E-state index in [1.807, 2.05) is 6.92 Å². The van der Waals surface area contributed by atoms with Crippen LogP contribution in [0.15, 0.2) is 33.9 Å². The molecule has 0 saturated heterocycles. The van der Waals surface area contributed by atoms with Gasteiger partial charge in [-0.2, -0.15) is 5.10 Å². The number of nitrogens with zero attached hydrogens (tertiary/aromatic N) is 3. The van der Waals surface area contributed by atoms with E-state index in [4.69, 9.17) is 11.6 Å². The summed E-state index contributed by atoms with van der Waals surface area (Å²) in [7, 11) is 1.44. The maximum Gasteiger partial charge on any atom is 0.329 e. The van der Waals surface area contributed by atoms with Gasteiger partial charge in [0.05, 0.1) is 0 Å². The molecule has 0 bridgehead atoms. The Hall–Kier alpha value is -2.34. The van der Waals surface area contributed by atoms with Gasteiger partial charge in [0.25, 0.3) is 5.56 Å². The minimum absolute atomic E-state index is 0.363. The molecule has 3 aromatic rings. The van der Waals surface area contributed by atoms with Crippen LogP contribution in [-0.2, 0) is 13.6 Å². The molecule has 0 aliphatic carbocycles. The van der Waals surface area contributed by atoms with Gasteiger partial charge in [0, 0.05) is 24.2 Å². The van der Waals surface area contributed by atoms with E-state index in [1.165, 1.54) is 7.05 Å². The molecule has 0 amide bonds. The van der Waals surface area contributed by atoms with Crippen molar-refractivity contribution in [1.29, 1.82) is 0 Å². The topological polar surface area (TPSA) is 72.7 Å². The summed E-state index contributed by atoms with van der Waals surface area (Å²) in [5.41, 5.74) is 0.944. The van der Waals surface area contributed by atoms with Gasteiger partial charge in [0.2, 0.25) is 0 Å². The summed E-state index contributed by atoms with van der Waals surface area (Å²) in [4.78, 5) is 26.9. The van der Waals surface area contributed by atoms with E-state index in [2.05, 4.69) is 10.1 Å². The second-order valence-electron chi connectivity index (χ2n) is 4.69. The van der Waals surface area contributed by atoms with Crippen molar-refractivity contribution in [3.8, 4) is 11.3 Å². The first-order valence-electron chi connectivity index (χ1n) is 6.48. The Balaban J connectivity index is 2.43. The highest BCUT2D eigenvalue weighted by Crippen LogP contribution is 2.25. The Morgan fingerprint density at radius 2 is 1.90 bits per heavy atom. The molecule has 7 heteroatoms. The fourth-order valence-electron chi connectivity index (χ4n) is 2.28. The second-order valence-corrected chi connectivity index (χ2v) is 5.13. The van der Waals surface area contributed by atoms with Crippen LogP contribution in [0.1, 0.15) is 6.92 Å². The zero-order valence-corrected chi connectivity index (χ0v) is 12.3. The quantitative estimate of drug-likeness (QED) is 0.784. The lowest BCUT2D eigenvalue weighted by atomic mass is 10.1. The summed E-state index contributed by atoms with van der Waals surface area (Å²) in [6.07, 6.45) is 0. The molecule has 6 nitrogen and oxygen atoms in total. The number of hydrogen-bond donors (Lipinski definition) is 1. The fourth-order valence-corrected chi connectivity index (χ4v) is 2.40. The third kappa shape index (κ3) is 2.08. The standard InChI is InChI=1S/C14H13ClN4O2/c1-3-19-12-10(13(20)18(2)14(21)16-12)11(17-19)8-4-6-9(15)7-5-8/h4-7H,3H2,1-2H3,(H,16,21). The summed E-state index contributed by atoms with van der Waals surface area (Å²) in [5.74, 6) is 0. The molecule has 2 heterocycles. The number of hydrogen-bond acceptors (Lipinski definition) is 3. The summed E-state index contributed by atoms with van der Waals surface area (Å²) >= 11 is 5.89. The molecule has 0 aliphatic heterocycles. The van der Waals surface area contributed by atoms with Crippen LogP contribution in [0.4, 0.5) is 0 Å². The number of nitrogens with one attached hydrogen (secondary N) is 1. The maximum atomic E-state index is 12.4. The molecule has 108 valence electrons. The minimum atomic E-state index is -0.454. The summed E-state index contributed by atoms with van der Waals surface area (Å²) in [6.45, 7) is 2.45. The molecule has 0 atom stereocenters. The predicted octanol–water partition coefficient (Wildman–Crippen LogP) is 1.76. The van der Waals surface area contributed by atoms with Crippen LogP contribution >= 0.6 is 11.6 Å². The van der Waals surface area contributed by atoms with Crippen molar-refractivity contribution in [3.05, 3.63) is 50.1 Å². The van der Waals surface area contributed by atoms with Crippen LogP contribution in [0.2, 0.25) is 5.02 Å². The van der Waals surface area contributed by atoms with Gasteiger partial charge in [-0.3, -0.25) is 14.3 Å². The van der Waals surface area contributed by atoms with E-state index in [0.717, 1.165) is 10.1 Å². The van der Waals surface area contributed by atoms with Gasteiger partial charge in [0.15, 0.2) is 0 Å². The first-order valence-corrected chi connectivity index (χ1v) is 6.86. The number of H-pyrrole nitrogens is 1. The number of aryl methyl sites for hydroxylation is 1. The van der Waals surface area contributed by atoms with Crippen molar-refractivity contribution in [2.75, 3.05) is 0 Å². The predicted molar refractivity (Wildman–Crippen MR) is 81.7 cm³/mol. The molecule has 3 rings (SSSR count). The average molecular weight is 305 g/mol. The molecular weight excluding hydrogens is 292 g/mol. The molecule has 0 radical (unpaired) electrons. The SMILES string of the molecule is CCn1nc(-c2ccc(Cl)cc2)c2c(=O)n(C)c(=O)[nH]c21. The second kappa shape index (κ2) is 4.89. The highest BCUT2D eigenvalue weighted by atomic mass is 35.5. The third-order valence-electron chi connectivity index (χ3n) is 3.42. The van der Waals surface area contributed by atoms with Crippen molar-refractivity contribution in [2.45, 2.75) is 13.5 Å². The number of aromatic nitrogens is 4. The van der Waals surface area contributed by atoms with Crippen LogP contribution in [0.3, 0.4) is 0 Å². The van der Waals surface area contributed by atoms with Gasteiger partial charge in [-0.1, -0.05) is 23.7 Å². The first kappa shape index (κ1) is 13.6. The van der Waals surface area contributed by atoms with Crippen molar-refractivity contribution < 1.29 is 0 Å². The van der Waals surface area contributed by atoms with Crippen LogP contribution in [-0.4, -0.2) is 19.3 Å². The molecule has 21 heavy (non-hydrogen) atoms. The average Bonchev–Trinajstić information content (AvgIpc) is 2.84. The molecular formula is C14H13ClN4O2. The van der Waals surface area contributed by atoms with Crippen LogP contribution in [0.25, 0.3) is 22.3 Å². The molecule has 2 aromatic heterocycles. The Morgan fingerprint density at radius 3 is 2.52 bits per heavy atom. The Morgan fingerprint density at radius 1 is 1.24 bits per heavy atom. The van der Waals surface area contributed by atoms with Crippen LogP contribution in [0, 0.1) is 0 Å².